The van der Waals surface area contributed by atoms with Crippen molar-refractivity contribution >= 4 is 25.4 Å². The number of pyridine rings is 1. The van der Waals surface area contributed by atoms with Gasteiger partial charge in [0, 0.05) is 24.2 Å². The minimum absolute atomic E-state index is 0.118. The lowest BCUT2D eigenvalue weighted by Crippen LogP contribution is -2.41. The van der Waals surface area contributed by atoms with Gasteiger partial charge in [0.1, 0.15) is 6.29 Å². The molecule has 1 aromatic carbocycles. The number of aromatic nitrogens is 1. The third-order valence-corrected chi connectivity index (χ3v) is 9.08. The molecule has 0 saturated heterocycles. The maximum absolute atomic E-state index is 11.1. The summed E-state index contributed by atoms with van der Waals surface area (Å²) in [6.07, 6.45) is 4.80. The van der Waals surface area contributed by atoms with E-state index in [2.05, 4.69) is 57.0 Å². The SMILES string of the molecule is CC(C)(C)[Si](C)(C)O[C@@H](CC=O)c1ccc2ccncc2c1. The maximum atomic E-state index is 11.1. The summed E-state index contributed by atoms with van der Waals surface area (Å²) in [6, 6.07) is 8.20. The van der Waals surface area contributed by atoms with Crippen LogP contribution in [0.15, 0.2) is 36.7 Å². The zero-order chi connectivity index (χ0) is 16.4. The summed E-state index contributed by atoms with van der Waals surface area (Å²) >= 11 is 0. The number of hydrogen-bond acceptors (Lipinski definition) is 3. The van der Waals surface area contributed by atoms with E-state index in [0.717, 1.165) is 22.6 Å². The third-order valence-electron chi connectivity index (χ3n) is 4.59. The molecule has 0 unspecified atom stereocenters. The summed E-state index contributed by atoms with van der Waals surface area (Å²) in [5.74, 6) is 0. The summed E-state index contributed by atoms with van der Waals surface area (Å²) in [4.78, 5) is 15.3. The highest BCUT2D eigenvalue weighted by Gasteiger charge is 2.39. The quantitative estimate of drug-likeness (QED) is 0.582. The van der Waals surface area contributed by atoms with Crippen molar-refractivity contribution in [3.8, 4) is 0 Å². The molecule has 0 radical (unpaired) electrons. The van der Waals surface area contributed by atoms with Crippen LogP contribution in [-0.4, -0.2) is 19.6 Å². The van der Waals surface area contributed by atoms with Gasteiger partial charge in [-0.1, -0.05) is 32.9 Å². The van der Waals surface area contributed by atoms with Crippen molar-refractivity contribution in [3.05, 3.63) is 42.2 Å². The van der Waals surface area contributed by atoms with E-state index in [4.69, 9.17) is 4.43 Å². The van der Waals surface area contributed by atoms with Crippen LogP contribution in [0.1, 0.15) is 38.9 Å². The third kappa shape index (κ3) is 3.62. The normalized spacial score (nSPS) is 14.0. The molecule has 1 aromatic heterocycles. The van der Waals surface area contributed by atoms with E-state index in [0.29, 0.717) is 6.42 Å². The first kappa shape index (κ1) is 16.8. The number of fused-ring (bicyclic) bond motifs is 1. The van der Waals surface area contributed by atoms with Crippen LogP contribution in [-0.2, 0) is 9.22 Å². The van der Waals surface area contributed by atoms with E-state index >= 15 is 0 Å². The minimum Gasteiger partial charge on any atom is -0.410 e. The fourth-order valence-corrected chi connectivity index (χ4v) is 3.47. The van der Waals surface area contributed by atoms with Crippen LogP contribution in [0.3, 0.4) is 0 Å². The molecule has 0 amide bonds. The van der Waals surface area contributed by atoms with Crippen molar-refractivity contribution < 1.29 is 9.22 Å². The van der Waals surface area contributed by atoms with Crippen molar-refractivity contribution in [2.75, 3.05) is 0 Å². The Morgan fingerprint density at radius 2 is 1.95 bits per heavy atom. The van der Waals surface area contributed by atoms with Crippen LogP contribution in [0, 0.1) is 0 Å². The van der Waals surface area contributed by atoms with Gasteiger partial charge in [-0.2, -0.15) is 0 Å². The molecule has 0 aliphatic carbocycles. The van der Waals surface area contributed by atoms with Crippen LogP contribution in [0.25, 0.3) is 10.8 Å². The number of hydrogen-bond donors (Lipinski definition) is 0. The van der Waals surface area contributed by atoms with Gasteiger partial charge in [0.15, 0.2) is 8.32 Å². The molecule has 2 rings (SSSR count). The van der Waals surface area contributed by atoms with E-state index in [-0.39, 0.29) is 11.1 Å². The Kier molecular flexibility index (Phi) is 4.83. The molecule has 3 nitrogen and oxygen atoms in total. The monoisotopic (exact) mass is 315 g/mol. The van der Waals surface area contributed by atoms with Gasteiger partial charge in [0.2, 0.25) is 0 Å². The number of carbonyl (C=O) groups excluding carboxylic acids is 1. The largest absolute Gasteiger partial charge is 0.410 e. The number of nitrogens with zero attached hydrogens (tertiary/aromatic N) is 1. The second-order valence-electron chi connectivity index (χ2n) is 7.25. The summed E-state index contributed by atoms with van der Waals surface area (Å²) < 4.78 is 6.46. The summed E-state index contributed by atoms with van der Waals surface area (Å²) in [5, 5.41) is 2.35. The van der Waals surface area contributed by atoms with Gasteiger partial charge < -0.3 is 9.22 Å². The van der Waals surface area contributed by atoms with E-state index in [1.54, 1.807) is 6.20 Å². The number of rotatable bonds is 5. The standard InChI is InChI=1S/C18H25NO2Si/c1-18(2,3)22(4,5)21-17(9-11-20)15-7-6-14-8-10-19-13-16(14)12-15/h6-8,10-13,17H,9H2,1-5H3/t17-/m0/s1. The molecule has 0 fully saturated rings. The molecule has 118 valence electrons. The average Bonchev–Trinajstić information content (AvgIpc) is 2.45. The Bertz CT molecular complexity index is 661. The molecule has 0 N–H and O–H groups in total. The van der Waals surface area contributed by atoms with Gasteiger partial charge >= 0.3 is 0 Å². The van der Waals surface area contributed by atoms with E-state index < -0.39 is 8.32 Å². The summed E-state index contributed by atoms with van der Waals surface area (Å²) in [6.45, 7) is 11.1. The molecule has 0 aliphatic heterocycles. The van der Waals surface area contributed by atoms with Gasteiger partial charge in [-0.3, -0.25) is 4.98 Å². The predicted octanol–water partition coefficient (Wildman–Crippen LogP) is 4.89. The fraction of sp³-hybridized carbons (Fsp3) is 0.444. The molecule has 2 aromatic rings. The van der Waals surface area contributed by atoms with Gasteiger partial charge in [-0.15, -0.1) is 0 Å². The molecular formula is C18H25NO2Si. The summed E-state index contributed by atoms with van der Waals surface area (Å²) in [7, 11) is -1.93. The summed E-state index contributed by atoms with van der Waals surface area (Å²) in [5.41, 5.74) is 1.05. The first-order valence-electron chi connectivity index (χ1n) is 7.70. The molecule has 22 heavy (non-hydrogen) atoms. The lowest BCUT2D eigenvalue weighted by atomic mass is 10.0. The maximum Gasteiger partial charge on any atom is 0.192 e. The van der Waals surface area contributed by atoms with Crippen LogP contribution >= 0.6 is 0 Å². The molecule has 4 heteroatoms. The van der Waals surface area contributed by atoms with Crippen LogP contribution < -0.4 is 0 Å². The molecule has 1 atom stereocenters. The van der Waals surface area contributed by atoms with Gasteiger partial charge in [0.25, 0.3) is 0 Å². The van der Waals surface area contributed by atoms with Crippen molar-refractivity contribution in [3.63, 3.8) is 0 Å². The molecule has 1 heterocycles. The second kappa shape index (κ2) is 6.30. The Morgan fingerprint density at radius 3 is 2.59 bits per heavy atom. The molecule has 0 saturated carbocycles. The van der Waals surface area contributed by atoms with Crippen LogP contribution in [0.2, 0.25) is 18.1 Å². The number of benzene rings is 1. The first-order valence-corrected chi connectivity index (χ1v) is 10.6. The minimum atomic E-state index is -1.93. The lowest BCUT2D eigenvalue weighted by Gasteiger charge is -2.39. The zero-order valence-corrected chi connectivity index (χ0v) is 15.1. The van der Waals surface area contributed by atoms with Crippen molar-refractivity contribution in [1.82, 2.24) is 4.98 Å². The smallest absolute Gasteiger partial charge is 0.192 e. The van der Waals surface area contributed by atoms with Crippen molar-refractivity contribution in [1.29, 1.82) is 0 Å². The fourth-order valence-electron chi connectivity index (χ4n) is 2.18. The molecular weight excluding hydrogens is 290 g/mol. The molecule has 0 bridgehead atoms. The van der Waals surface area contributed by atoms with Crippen molar-refractivity contribution in [2.45, 2.75) is 51.4 Å². The van der Waals surface area contributed by atoms with Gasteiger partial charge in [-0.25, -0.2) is 0 Å². The van der Waals surface area contributed by atoms with E-state index in [1.165, 1.54) is 0 Å². The topological polar surface area (TPSA) is 39.2 Å². The molecule has 0 spiro atoms. The lowest BCUT2D eigenvalue weighted by molar-refractivity contribution is -0.109. The van der Waals surface area contributed by atoms with Crippen molar-refractivity contribution in [2.24, 2.45) is 0 Å². The Hall–Kier alpha value is -1.52. The van der Waals surface area contributed by atoms with Gasteiger partial charge in [0.05, 0.1) is 6.10 Å². The Morgan fingerprint density at radius 1 is 1.23 bits per heavy atom. The highest BCUT2D eigenvalue weighted by Crippen LogP contribution is 2.40. The zero-order valence-electron chi connectivity index (χ0n) is 14.1. The Labute approximate surface area is 133 Å². The first-order chi connectivity index (χ1) is 10.2. The van der Waals surface area contributed by atoms with Crippen LogP contribution in [0.5, 0.6) is 0 Å². The highest BCUT2D eigenvalue weighted by atomic mass is 28.4. The molecule has 0 aliphatic rings. The number of aldehydes is 1. The van der Waals surface area contributed by atoms with E-state index in [9.17, 15) is 4.79 Å². The van der Waals surface area contributed by atoms with Crippen LogP contribution in [0.4, 0.5) is 0 Å². The Balaban J connectivity index is 2.35. The number of carbonyl (C=O) groups is 1. The predicted molar refractivity (Wildman–Crippen MR) is 93.4 cm³/mol. The average molecular weight is 315 g/mol. The van der Waals surface area contributed by atoms with E-state index in [1.807, 2.05) is 12.3 Å². The second-order valence-corrected chi connectivity index (χ2v) is 12.0. The highest BCUT2D eigenvalue weighted by molar-refractivity contribution is 6.74. The van der Waals surface area contributed by atoms with Gasteiger partial charge in [-0.05, 0) is 41.2 Å².